The van der Waals surface area contributed by atoms with Crippen LogP contribution in [0.4, 0.5) is 21.5 Å². The summed E-state index contributed by atoms with van der Waals surface area (Å²) < 4.78 is 13.5. The number of halogens is 1. The van der Waals surface area contributed by atoms with Gasteiger partial charge in [-0.1, -0.05) is 38.0 Å². The fourth-order valence-electron chi connectivity index (χ4n) is 2.42. The molecule has 0 aliphatic rings. The second kappa shape index (κ2) is 10.2. The zero-order valence-corrected chi connectivity index (χ0v) is 14.8. The van der Waals surface area contributed by atoms with E-state index in [1.54, 1.807) is 42.5 Å². The second-order valence-electron chi connectivity index (χ2n) is 5.97. The maximum atomic E-state index is 13.5. The van der Waals surface area contributed by atoms with Crippen molar-refractivity contribution in [2.45, 2.75) is 32.6 Å². The van der Waals surface area contributed by atoms with Crippen molar-refractivity contribution in [2.24, 2.45) is 0 Å². The zero-order chi connectivity index (χ0) is 18.8. The van der Waals surface area contributed by atoms with E-state index in [0.29, 0.717) is 17.8 Å². The summed E-state index contributed by atoms with van der Waals surface area (Å²) in [5, 5.41) is 8.30. The largest absolute Gasteiger partial charge is 0.374 e. The average molecular weight is 357 g/mol. The van der Waals surface area contributed by atoms with Gasteiger partial charge in [0.25, 0.3) is 0 Å². The fourth-order valence-corrected chi connectivity index (χ4v) is 2.42. The van der Waals surface area contributed by atoms with Gasteiger partial charge in [-0.05, 0) is 36.8 Å². The van der Waals surface area contributed by atoms with Gasteiger partial charge in [-0.25, -0.2) is 4.39 Å². The quantitative estimate of drug-likeness (QED) is 0.583. The van der Waals surface area contributed by atoms with Gasteiger partial charge in [0.05, 0.1) is 12.2 Å². The maximum Gasteiger partial charge on any atom is 0.243 e. The molecule has 2 amide bonds. The van der Waals surface area contributed by atoms with Gasteiger partial charge in [-0.3, -0.25) is 9.59 Å². The first-order valence-electron chi connectivity index (χ1n) is 8.76. The predicted molar refractivity (Wildman–Crippen MR) is 103 cm³/mol. The molecule has 0 atom stereocenters. The third-order valence-corrected chi connectivity index (χ3v) is 3.75. The topological polar surface area (TPSA) is 70.2 Å². The lowest BCUT2D eigenvalue weighted by Gasteiger charge is -2.10. The number of para-hydroxylation sites is 1. The molecule has 138 valence electrons. The van der Waals surface area contributed by atoms with Gasteiger partial charge in [-0.15, -0.1) is 0 Å². The molecule has 0 fully saturated rings. The molecule has 0 bridgehead atoms. The molecule has 0 heterocycles. The number of rotatable bonds is 9. The predicted octanol–water partition coefficient (Wildman–Crippen LogP) is 4.40. The van der Waals surface area contributed by atoms with Crippen LogP contribution >= 0.6 is 0 Å². The van der Waals surface area contributed by atoms with Crippen LogP contribution in [0.25, 0.3) is 0 Å². The minimum atomic E-state index is -0.409. The monoisotopic (exact) mass is 357 g/mol. The molecule has 2 rings (SSSR count). The highest BCUT2D eigenvalue weighted by atomic mass is 19.1. The van der Waals surface area contributed by atoms with Crippen molar-refractivity contribution in [3.8, 4) is 0 Å². The van der Waals surface area contributed by atoms with Crippen molar-refractivity contribution in [1.29, 1.82) is 0 Å². The molecule has 26 heavy (non-hydrogen) atoms. The Bertz CT molecular complexity index is 749. The molecule has 0 saturated carbocycles. The molecule has 5 nitrogen and oxygen atoms in total. The molecule has 0 saturated heterocycles. The van der Waals surface area contributed by atoms with Crippen molar-refractivity contribution < 1.29 is 14.0 Å². The van der Waals surface area contributed by atoms with Crippen LogP contribution in [0.5, 0.6) is 0 Å². The molecule has 6 heteroatoms. The highest BCUT2D eigenvalue weighted by molar-refractivity contribution is 5.95. The Labute approximate surface area is 153 Å². The maximum absolute atomic E-state index is 13.5. The summed E-state index contributed by atoms with van der Waals surface area (Å²) in [5.41, 5.74) is 1.47. The van der Waals surface area contributed by atoms with E-state index in [9.17, 15) is 14.0 Å². The summed E-state index contributed by atoms with van der Waals surface area (Å²) in [6.07, 6.45) is 3.44. The van der Waals surface area contributed by atoms with Crippen molar-refractivity contribution in [3.63, 3.8) is 0 Å². The third kappa shape index (κ3) is 6.55. The number of hydrogen-bond acceptors (Lipinski definition) is 3. The molecule has 0 unspecified atom stereocenters. The molecule has 0 radical (unpaired) electrons. The van der Waals surface area contributed by atoms with E-state index >= 15 is 0 Å². The number of carbonyl (C=O) groups excluding carboxylic acids is 2. The summed E-state index contributed by atoms with van der Waals surface area (Å²) in [7, 11) is 0. The number of carbonyl (C=O) groups is 2. The van der Waals surface area contributed by atoms with E-state index in [4.69, 9.17) is 0 Å². The molecule has 2 aromatic carbocycles. The first-order valence-corrected chi connectivity index (χ1v) is 8.76. The third-order valence-electron chi connectivity index (χ3n) is 3.75. The van der Waals surface area contributed by atoms with Gasteiger partial charge < -0.3 is 16.0 Å². The summed E-state index contributed by atoms with van der Waals surface area (Å²) in [4.78, 5) is 23.9. The van der Waals surface area contributed by atoms with E-state index in [1.807, 2.05) is 0 Å². The zero-order valence-electron chi connectivity index (χ0n) is 14.8. The molecule has 3 N–H and O–H groups in total. The van der Waals surface area contributed by atoms with Gasteiger partial charge >= 0.3 is 0 Å². The highest BCUT2D eigenvalue weighted by Crippen LogP contribution is 2.16. The van der Waals surface area contributed by atoms with Crippen molar-refractivity contribution in [1.82, 2.24) is 0 Å². The Hall–Kier alpha value is -2.89. The van der Waals surface area contributed by atoms with E-state index < -0.39 is 5.82 Å². The van der Waals surface area contributed by atoms with E-state index in [0.717, 1.165) is 19.3 Å². The van der Waals surface area contributed by atoms with Gasteiger partial charge in [-0.2, -0.15) is 0 Å². The Kier molecular flexibility index (Phi) is 7.61. The molecule has 0 aliphatic carbocycles. The lowest BCUT2D eigenvalue weighted by atomic mass is 10.2. The van der Waals surface area contributed by atoms with Crippen molar-refractivity contribution in [2.75, 3.05) is 22.5 Å². The first kappa shape index (κ1) is 19.4. The van der Waals surface area contributed by atoms with E-state index in [-0.39, 0.29) is 24.0 Å². The lowest BCUT2D eigenvalue weighted by Crippen LogP contribution is -2.22. The molecule has 2 aromatic rings. The van der Waals surface area contributed by atoms with Crippen LogP contribution in [0.1, 0.15) is 32.6 Å². The van der Waals surface area contributed by atoms with Gasteiger partial charge in [0.2, 0.25) is 11.8 Å². The summed E-state index contributed by atoms with van der Waals surface area (Å²) >= 11 is 0. The highest BCUT2D eigenvalue weighted by Gasteiger charge is 2.07. The molecule has 0 aromatic heterocycles. The Morgan fingerprint density at radius 3 is 2.31 bits per heavy atom. The van der Waals surface area contributed by atoms with Crippen LogP contribution in [0.3, 0.4) is 0 Å². The Morgan fingerprint density at radius 1 is 0.923 bits per heavy atom. The van der Waals surface area contributed by atoms with Crippen molar-refractivity contribution >= 4 is 28.9 Å². The SMILES string of the molecule is CCCCCC(=O)Nc1cccc(NC(=O)CNc2ccccc2F)c1. The van der Waals surface area contributed by atoms with E-state index in [2.05, 4.69) is 22.9 Å². The standard InChI is InChI=1S/C20H24FN3O2/c1-2-3-4-12-19(25)23-15-8-7-9-16(13-15)24-20(26)14-22-18-11-6-5-10-17(18)21/h5-11,13,22H,2-4,12,14H2,1H3,(H,23,25)(H,24,26). The number of unbranched alkanes of at least 4 members (excludes halogenated alkanes) is 2. The number of nitrogens with one attached hydrogen (secondary N) is 3. The van der Waals surface area contributed by atoms with Gasteiger partial charge in [0, 0.05) is 17.8 Å². The van der Waals surface area contributed by atoms with Crippen LogP contribution in [0, 0.1) is 5.82 Å². The first-order chi connectivity index (χ1) is 12.6. The van der Waals surface area contributed by atoms with Gasteiger partial charge in [0.15, 0.2) is 0 Å². The number of benzene rings is 2. The van der Waals surface area contributed by atoms with E-state index in [1.165, 1.54) is 6.07 Å². The lowest BCUT2D eigenvalue weighted by molar-refractivity contribution is -0.116. The van der Waals surface area contributed by atoms with Crippen molar-refractivity contribution in [3.05, 3.63) is 54.3 Å². The fraction of sp³-hybridized carbons (Fsp3) is 0.300. The second-order valence-corrected chi connectivity index (χ2v) is 5.97. The Morgan fingerprint density at radius 2 is 1.62 bits per heavy atom. The normalized spacial score (nSPS) is 10.2. The van der Waals surface area contributed by atoms with Crippen LogP contribution < -0.4 is 16.0 Å². The average Bonchev–Trinajstić information content (AvgIpc) is 2.61. The molecule has 0 spiro atoms. The van der Waals surface area contributed by atoms with Crippen LogP contribution in [-0.2, 0) is 9.59 Å². The van der Waals surface area contributed by atoms with Crippen LogP contribution in [0.2, 0.25) is 0 Å². The number of amides is 2. The molecular weight excluding hydrogens is 333 g/mol. The smallest absolute Gasteiger partial charge is 0.243 e. The number of hydrogen-bond donors (Lipinski definition) is 3. The molecule has 0 aliphatic heterocycles. The summed E-state index contributed by atoms with van der Waals surface area (Å²) in [6.45, 7) is 2.03. The minimum Gasteiger partial charge on any atom is -0.374 e. The Balaban J connectivity index is 1.84. The van der Waals surface area contributed by atoms with Crippen LogP contribution in [0.15, 0.2) is 48.5 Å². The van der Waals surface area contributed by atoms with Gasteiger partial charge in [0.1, 0.15) is 5.82 Å². The number of anilines is 3. The molecular formula is C20H24FN3O2. The summed E-state index contributed by atoms with van der Waals surface area (Å²) in [6, 6.07) is 13.1. The summed E-state index contributed by atoms with van der Waals surface area (Å²) in [5.74, 6) is -0.754. The minimum absolute atomic E-state index is 0.0388. The van der Waals surface area contributed by atoms with Crippen LogP contribution in [-0.4, -0.2) is 18.4 Å².